The zero-order valence-electron chi connectivity index (χ0n) is 10.7. The molecule has 0 spiro atoms. The fraction of sp³-hybridized carbons (Fsp3) is 0.385. The second kappa shape index (κ2) is 5.10. The molecule has 96 valence electrons. The van der Waals surface area contributed by atoms with Gasteiger partial charge in [-0.25, -0.2) is 0 Å². The summed E-state index contributed by atoms with van der Waals surface area (Å²) in [6, 6.07) is 8.54. The molecule has 5 heteroatoms. The van der Waals surface area contributed by atoms with E-state index in [2.05, 4.69) is 31.4 Å². The minimum atomic E-state index is -0.0838. The Labute approximate surface area is 115 Å². The summed E-state index contributed by atoms with van der Waals surface area (Å²) in [6.07, 6.45) is 0.661. The molecule has 0 unspecified atom stereocenters. The van der Waals surface area contributed by atoms with Crippen LogP contribution in [0.15, 0.2) is 33.3 Å². The summed E-state index contributed by atoms with van der Waals surface area (Å²) in [5.41, 5.74) is 1.06. The molecule has 4 nitrogen and oxygen atoms in total. The third-order valence-corrected chi connectivity index (χ3v) is 2.69. The van der Waals surface area contributed by atoms with Crippen molar-refractivity contribution in [1.29, 1.82) is 0 Å². The topological polar surface area (TPSA) is 51.0 Å². The van der Waals surface area contributed by atoms with Crippen molar-refractivity contribution in [3.8, 4) is 0 Å². The Morgan fingerprint density at radius 2 is 2.11 bits per heavy atom. The van der Waals surface area contributed by atoms with E-state index in [-0.39, 0.29) is 5.54 Å². The first-order chi connectivity index (χ1) is 8.42. The molecule has 1 N–H and O–H groups in total. The molecule has 0 aliphatic rings. The summed E-state index contributed by atoms with van der Waals surface area (Å²) in [7, 11) is 0. The van der Waals surface area contributed by atoms with Gasteiger partial charge in [0.25, 0.3) is 0 Å². The van der Waals surface area contributed by atoms with Gasteiger partial charge in [0.1, 0.15) is 0 Å². The van der Waals surface area contributed by atoms with E-state index >= 15 is 0 Å². The Bertz CT molecular complexity index is 531. The molecule has 0 aliphatic carbocycles. The van der Waals surface area contributed by atoms with E-state index in [0.29, 0.717) is 18.3 Å². The van der Waals surface area contributed by atoms with Crippen molar-refractivity contribution < 1.29 is 4.52 Å². The maximum atomic E-state index is 5.16. The van der Waals surface area contributed by atoms with Crippen molar-refractivity contribution in [3.05, 3.63) is 40.1 Å². The van der Waals surface area contributed by atoms with Crippen molar-refractivity contribution in [2.45, 2.75) is 32.7 Å². The third kappa shape index (κ3) is 3.84. The highest BCUT2D eigenvalue weighted by Gasteiger charge is 2.14. The number of aromatic nitrogens is 2. The highest BCUT2D eigenvalue weighted by Crippen LogP contribution is 2.16. The lowest BCUT2D eigenvalue weighted by atomic mass is 10.1. The summed E-state index contributed by atoms with van der Waals surface area (Å²) in [5, 5.41) is 7.11. The van der Waals surface area contributed by atoms with Crippen molar-refractivity contribution >= 4 is 21.9 Å². The molecule has 2 aromatic rings. The van der Waals surface area contributed by atoms with Crippen LogP contribution in [-0.2, 0) is 6.42 Å². The van der Waals surface area contributed by atoms with E-state index in [0.717, 1.165) is 10.0 Å². The smallest absolute Gasteiger partial charge is 0.321 e. The zero-order chi connectivity index (χ0) is 13.2. The van der Waals surface area contributed by atoms with Gasteiger partial charge in [0.05, 0.1) is 0 Å². The molecule has 0 amide bonds. The molecule has 0 bridgehead atoms. The Balaban J connectivity index is 2.07. The normalized spacial score (nSPS) is 11.6. The van der Waals surface area contributed by atoms with Gasteiger partial charge in [-0.15, -0.1) is 0 Å². The van der Waals surface area contributed by atoms with E-state index in [1.807, 2.05) is 45.0 Å². The summed E-state index contributed by atoms with van der Waals surface area (Å²) < 4.78 is 6.21. The van der Waals surface area contributed by atoms with Crippen LogP contribution in [0.3, 0.4) is 0 Å². The molecule has 0 saturated heterocycles. The van der Waals surface area contributed by atoms with Crippen LogP contribution >= 0.6 is 15.9 Å². The average molecular weight is 310 g/mol. The number of rotatable bonds is 3. The minimum absolute atomic E-state index is 0.0838. The zero-order valence-corrected chi connectivity index (χ0v) is 12.3. The molecule has 0 fully saturated rings. The van der Waals surface area contributed by atoms with Crippen LogP contribution in [0.1, 0.15) is 32.2 Å². The second-order valence-corrected chi connectivity index (χ2v) is 6.11. The molecule has 18 heavy (non-hydrogen) atoms. The van der Waals surface area contributed by atoms with E-state index in [4.69, 9.17) is 4.52 Å². The standard InChI is InChI=1S/C13H16BrN3O/c1-13(2,3)16-12-15-11(17-18-12)8-9-5-4-6-10(14)7-9/h4-7H,8H2,1-3H3,(H,15,16,17). The monoisotopic (exact) mass is 309 g/mol. The lowest BCUT2D eigenvalue weighted by molar-refractivity contribution is 0.413. The van der Waals surface area contributed by atoms with Crippen LogP contribution in [0.2, 0.25) is 0 Å². The third-order valence-electron chi connectivity index (χ3n) is 2.20. The van der Waals surface area contributed by atoms with Gasteiger partial charge in [-0.05, 0) is 38.5 Å². The number of anilines is 1. The number of hydrogen-bond donors (Lipinski definition) is 1. The van der Waals surface area contributed by atoms with Crippen LogP contribution in [0.25, 0.3) is 0 Å². The number of nitrogens with zero attached hydrogens (tertiary/aromatic N) is 2. The van der Waals surface area contributed by atoms with Crippen LogP contribution in [-0.4, -0.2) is 15.7 Å². The van der Waals surface area contributed by atoms with Crippen molar-refractivity contribution in [2.24, 2.45) is 0 Å². The molecule has 1 aromatic carbocycles. The number of hydrogen-bond acceptors (Lipinski definition) is 4. The number of benzene rings is 1. The van der Waals surface area contributed by atoms with Crippen molar-refractivity contribution in [3.63, 3.8) is 0 Å². The predicted molar refractivity (Wildman–Crippen MR) is 74.6 cm³/mol. The van der Waals surface area contributed by atoms with E-state index in [1.54, 1.807) is 0 Å². The molecule has 0 saturated carbocycles. The van der Waals surface area contributed by atoms with Gasteiger partial charge in [-0.2, -0.15) is 4.98 Å². The molecule has 0 radical (unpaired) electrons. The molecular weight excluding hydrogens is 294 g/mol. The van der Waals surface area contributed by atoms with Crippen molar-refractivity contribution in [1.82, 2.24) is 10.1 Å². The Morgan fingerprint density at radius 1 is 1.33 bits per heavy atom. The fourth-order valence-corrected chi connectivity index (χ4v) is 1.97. The van der Waals surface area contributed by atoms with E-state index in [9.17, 15) is 0 Å². The molecular formula is C13H16BrN3O. The summed E-state index contributed by atoms with van der Waals surface area (Å²) in [5.74, 6) is 0.680. The first kappa shape index (κ1) is 13.1. The van der Waals surface area contributed by atoms with Crippen molar-refractivity contribution in [2.75, 3.05) is 5.32 Å². The largest absolute Gasteiger partial charge is 0.333 e. The van der Waals surface area contributed by atoms with Gasteiger partial charge in [0.2, 0.25) is 0 Å². The van der Waals surface area contributed by atoms with Gasteiger partial charge in [0, 0.05) is 16.4 Å². The highest BCUT2D eigenvalue weighted by molar-refractivity contribution is 9.10. The summed E-state index contributed by atoms with van der Waals surface area (Å²) in [4.78, 5) is 4.32. The molecule has 2 rings (SSSR count). The van der Waals surface area contributed by atoms with Crippen LogP contribution in [0, 0.1) is 0 Å². The Kier molecular flexibility index (Phi) is 3.71. The SMILES string of the molecule is CC(C)(C)Nc1nc(Cc2cccc(Br)c2)no1. The number of halogens is 1. The predicted octanol–water partition coefficient (Wildman–Crippen LogP) is 3.63. The molecule has 1 heterocycles. The fourth-order valence-electron chi connectivity index (χ4n) is 1.53. The summed E-state index contributed by atoms with van der Waals surface area (Å²) in [6.45, 7) is 6.14. The second-order valence-electron chi connectivity index (χ2n) is 5.20. The van der Waals surface area contributed by atoms with E-state index in [1.165, 1.54) is 0 Å². The highest BCUT2D eigenvalue weighted by atomic mass is 79.9. The van der Waals surface area contributed by atoms with Gasteiger partial charge in [0.15, 0.2) is 5.82 Å². The quantitative estimate of drug-likeness (QED) is 0.940. The maximum absolute atomic E-state index is 5.16. The molecule has 1 aromatic heterocycles. The first-order valence-corrected chi connectivity index (χ1v) is 6.57. The Hall–Kier alpha value is -1.36. The lowest BCUT2D eigenvalue weighted by Gasteiger charge is -2.17. The maximum Gasteiger partial charge on any atom is 0.321 e. The van der Waals surface area contributed by atoms with Gasteiger partial charge < -0.3 is 9.84 Å². The minimum Gasteiger partial charge on any atom is -0.333 e. The average Bonchev–Trinajstić information content (AvgIpc) is 2.62. The van der Waals surface area contributed by atoms with Gasteiger partial charge in [-0.3, -0.25) is 0 Å². The van der Waals surface area contributed by atoms with Crippen LogP contribution in [0.4, 0.5) is 6.01 Å². The molecule has 0 aliphatic heterocycles. The van der Waals surface area contributed by atoms with Crippen LogP contribution in [0.5, 0.6) is 0 Å². The lowest BCUT2D eigenvalue weighted by Crippen LogP contribution is -2.26. The first-order valence-electron chi connectivity index (χ1n) is 5.77. The summed E-state index contributed by atoms with van der Waals surface area (Å²) >= 11 is 3.44. The number of nitrogens with one attached hydrogen (secondary N) is 1. The van der Waals surface area contributed by atoms with Crippen LogP contribution < -0.4 is 5.32 Å². The molecule has 0 atom stereocenters. The van der Waals surface area contributed by atoms with Gasteiger partial charge >= 0.3 is 6.01 Å². The van der Waals surface area contributed by atoms with Gasteiger partial charge in [-0.1, -0.05) is 33.2 Å². The Morgan fingerprint density at radius 3 is 2.78 bits per heavy atom. The van der Waals surface area contributed by atoms with E-state index < -0.39 is 0 Å².